The van der Waals surface area contributed by atoms with E-state index in [1.165, 1.54) is 12.1 Å². The fourth-order valence-corrected chi connectivity index (χ4v) is 9.75. The Labute approximate surface area is 348 Å². The van der Waals surface area contributed by atoms with Gasteiger partial charge in [0.25, 0.3) is 36.8 Å². The van der Waals surface area contributed by atoms with Crippen molar-refractivity contribution in [3.63, 3.8) is 0 Å². The van der Waals surface area contributed by atoms with Gasteiger partial charge in [-0.05, 0) is 87.4 Å². The molecule has 5 rings (SSSR count). The van der Waals surface area contributed by atoms with E-state index in [1.807, 2.05) is 75.6 Å². The maximum absolute atomic E-state index is 12.2. The van der Waals surface area contributed by atoms with E-state index in [0.717, 1.165) is 51.5 Å². The van der Waals surface area contributed by atoms with Crippen LogP contribution in [0.25, 0.3) is 0 Å². The zero-order valence-corrected chi connectivity index (χ0v) is 37.0. The van der Waals surface area contributed by atoms with E-state index in [4.69, 9.17) is 4.74 Å². The molecule has 17 heteroatoms. The van der Waals surface area contributed by atoms with Crippen LogP contribution in [0.3, 0.4) is 0 Å². The first kappa shape index (κ1) is 45.9. The number of rotatable bonds is 17. The number of benzene rings is 2. The normalized spacial score (nSPS) is 19.9. The van der Waals surface area contributed by atoms with Crippen LogP contribution in [0.1, 0.15) is 90.3 Å². The molecule has 0 aromatic heterocycles. The molecule has 0 amide bonds. The van der Waals surface area contributed by atoms with Gasteiger partial charge >= 0.3 is 0 Å². The first-order chi connectivity index (χ1) is 27.3. The Morgan fingerprint density at radius 2 is 1.54 bits per heavy atom. The van der Waals surface area contributed by atoms with E-state index >= 15 is 0 Å². The van der Waals surface area contributed by atoms with E-state index < -0.39 is 53.2 Å². The number of allylic oxidation sites excluding steroid dienone is 7. The third-order valence-electron chi connectivity index (χ3n) is 11.3. The van der Waals surface area contributed by atoms with Crippen LogP contribution in [0, 0.1) is 12.8 Å². The van der Waals surface area contributed by atoms with Crippen molar-refractivity contribution in [2.45, 2.75) is 103 Å². The largest absolute Gasteiger partial charge is 0.444 e. The van der Waals surface area contributed by atoms with Gasteiger partial charge in [0, 0.05) is 59.1 Å². The minimum Gasteiger partial charge on any atom is -0.444 e. The Hall–Kier alpha value is -4.13. The van der Waals surface area contributed by atoms with Gasteiger partial charge in [0.05, 0.1) is 21.8 Å². The molecular weight excluding hydrogens is 819 g/mol. The first-order valence-corrected chi connectivity index (χ1v) is 24.3. The molecule has 2 aliphatic heterocycles. The maximum atomic E-state index is 12.2. The summed E-state index contributed by atoms with van der Waals surface area (Å²) in [5, 5.41) is 3.50. The SMILES string of the molecule is Cc1ccc2c(c1)C(C)(C)/C(=C/C=C1\CCCC(/C=C/C3=[N+](CCCS(=O)(=O)O)c4ccc(S(=O)(=O)O)cc4C3(C)C)=C1NC(OC=O)C(C)C)N2CCCS(=O)(=O)O. The van der Waals surface area contributed by atoms with Gasteiger partial charge in [0.15, 0.2) is 11.9 Å². The van der Waals surface area contributed by atoms with Gasteiger partial charge in [-0.25, -0.2) is 0 Å². The van der Waals surface area contributed by atoms with Crippen molar-refractivity contribution in [1.82, 2.24) is 5.32 Å². The summed E-state index contributed by atoms with van der Waals surface area (Å²) in [5.41, 5.74) is 7.38. The zero-order chi connectivity index (χ0) is 43.7. The Morgan fingerprint density at radius 1 is 0.864 bits per heavy atom. The Bertz CT molecular complexity index is 2480. The van der Waals surface area contributed by atoms with Crippen LogP contribution in [0.4, 0.5) is 11.4 Å². The van der Waals surface area contributed by atoms with Gasteiger partial charge in [-0.1, -0.05) is 57.5 Å². The topological polar surface area (TPSA) is 208 Å². The summed E-state index contributed by atoms with van der Waals surface area (Å²) in [5.74, 6) is -0.966. The van der Waals surface area contributed by atoms with Gasteiger partial charge < -0.3 is 15.0 Å². The molecule has 0 saturated carbocycles. The molecule has 322 valence electrons. The van der Waals surface area contributed by atoms with E-state index in [2.05, 4.69) is 30.1 Å². The van der Waals surface area contributed by atoms with Crippen LogP contribution >= 0.6 is 0 Å². The number of hydrogen-bond donors (Lipinski definition) is 4. The molecule has 1 atom stereocenters. The summed E-state index contributed by atoms with van der Waals surface area (Å²) in [6.45, 7) is 14.9. The fraction of sp³-hybridized carbons (Fsp3) is 0.476. The van der Waals surface area contributed by atoms with Crippen molar-refractivity contribution in [1.29, 1.82) is 0 Å². The molecule has 1 unspecified atom stereocenters. The van der Waals surface area contributed by atoms with Crippen molar-refractivity contribution in [3.05, 3.63) is 99.9 Å². The second-order valence-electron chi connectivity index (χ2n) is 16.8. The molecule has 0 bridgehead atoms. The van der Waals surface area contributed by atoms with Crippen LogP contribution in [0.5, 0.6) is 0 Å². The summed E-state index contributed by atoms with van der Waals surface area (Å²) < 4.78 is 107. The van der Waals surface area contributed by atoms with Crippen molar-refractivity contribution in [2.24, 2.45) is 5.92 Å². The highest BCUT2D eigenvalue weighted by Gasteiger charge is 2.45. The molecule has 4 N–H and O–H groups in total. The highest BCUT2D eigenvalue weighted by atomic mass is 32.2. The van der Waals surface area contributed by atoms with Crippen molar-refractivity contribution in [3.8, 4) is 0 Å². The molecule has 2 aromatic carbocycles. The van der Waals surface area contributed by atoms with Crippen LogP contribution in [-0.2, 0) is 50.7 Å². The summed E-state index contributed by atoms with van der Waals surface area (Å²) in [6.07, 6.45) is 9.67. The number of ether oxygens (including phenoxy) is 1. The lowest BCUT2D eigenvalue weighted by atomic mass is 9.81. The van der Waals surface area contributed by atoms with Crippen molar-refractivity contribution in [2.75, 3.05) is 29.5 Å². The third-order valence-corrected chi connectivity index (χ3v) is 13.7. The maximum Gasteiger partial charge on any atom is 0.295 e. The van der Waals surface area contributed by atoms with Gasteiger partial charge in [0.1, 0.15) is 6.54 Å². The molecule has 0 radical (unpaired) electrons. The molecule has 0 spiro atoms. The Morgan fingerprint density at radius 3 is 2.17 bits per heavy atom. The molecule has 2 heterocycles. The third kappa shape index (κ3) is 10.6. The Balaban J connectivity index is 1.65. The lowest BCUT2D eigenvalue weighted by molar-refractivity contribution is -0.437. The summed E-state index contributed by atoms with van der Waals surface area (Å²) >= 11 is 0. The molecule has 1 aliphatic carbocycles. The second kappa shape index (κ2) is 17.5. The summed E-state index contributed by atoms with van der Waals surface area (Å²) in [7, 11) is -12.9. The number of carbonyl (C=O) groups excluding carboxylic acids is 1. The van der Waals surface area contributed by atoms with Crippen LogP contribution in [0.2, 0.25) is 0 Å². The minimum atomic E-state index is -4.52. The number of hydrogen-bond acceptors (Lipinski definition) is 10. The number of nitrogens with one attached hydrogen (secondary N) is 1. The van der Waals surface area contributed by atoms with E-state index in [1.54, 1.807) is 6.07 Å². The van der Waals surface area contributed by atoms with Gasteiger partial charge in [-0.15, -0.1) is 0 Å². The van der Waals surface area contributed by atoms with E-state index in [-0.39, 0.29) is 36.0 Å². The molecular formula is C42H56N3O11S3+. The molecule has 3 aliphatic rings. The number of fused-ring (bicyclic) bond motifs is 2. The second-order valence-corrected chi connectivity index (χ2v) is 21.3. The van der Waals surface area contributed by atoms with Gasteiger partial charge in [0.2, 0.25) is 5.69 Å². The highest BCUT2D eigenvalue weighted by Crippen LogP contribution is 2.48. The lowest BCUT2D eigenvalue weighted by Crippen LogP contribution is -2.37. The molecule has 2 aromatic rings. The molecule has 59 heavy (non-hydrogen) atoms. The number of aryl methyl sites for hydroxylation is 1. The molecule has 14 nitrogen and oxygen atoms in total. The first-order valence-electron chi connectivity index (χ1n) is 19.6. The quantitative estimate of drug-likeness (QED) is 0.0579. The van der Waals surface area contributed by atoms with E-state index in [9.17, 15) is 43.7 Å². The lowest BCUT2D eigenvalue weighted by Gasteiger charge is -2.30. The van der Waals surface area contributed by atoms with Crippen LogP contribution in [0.15, 0.2) is 88.1 Å². The van der Waals surface area contributed by atoms with Crippen LogP contribution < -0.4 is 10.2 Å². The standard InChI is InChI=1S/C42H55N3O11S3/c1-28(2)40(56-27-46)43-39-30(14-19-37-41(4,5)33-25-29(3)13-17-35(33)44(37)21-9-23-57(47,48)49)11-8-12-31(39)15-20-38-42(6,7)34-26-32(59(53,54)55)16-18-36(34)45(38)22-10-24-58(50,51)52/h13-20,25-28,40H,8-12,21-24H2,1-7H3,(H3,47,48,49,50,51,52,53,54,55)/p+1/b30-14+,37-19-. The summed E-state index contributed by atoms with van der Waals surface area (Å²) in [6, 6.07) is 10.5. The van der Waals surface area contributed by atoms with E-state index in [0.29, 0.717) is 37.1 Å². The Kier molecular flexibility index (Phi) is 13.6. The minimum absolute atomic E-state index is 0.0779. The predicted molar refractivity (Wildman–Crippen MR) is 228 cm³/mol. The number of nitrogens with zero attached hydrogens (tertiary/aromatic N) is 2. The highest BCUT2D eigenvalue weighted by molar-refractivity contribution is 7.86. The van der Waals surface area contributed by atoms with Crippen LogP contribution in [-0.4, -0.2) is 86.5 Å². The van der Waals surface area contributed by atoms with Gasteiger partial charge in [-0.3, -0.25) is 18.5 Å². The predicted octanol–water partition coefficient (Wildman–Crippen LogP) is 6.52. The zero-order valence-electron chi connectivity index (χ0n) is 34.6. The average molecular weight is 875 g/mol. The van der Waals surface area contributed by atoms with Crippen molar-refractivity contribution >= 4 is 53.9 Å². The average Bonchev–Trinajstić information content (AvgIpc) is 3.45. The fourth-order valence-electron chi connectivity index (χ4n) is 8.26. The summed E-state index contributed by atoms with van der Waals surface area (Å²) in [4.78, 5) is 13.5. The molecule has 0 fully saturated rings. The molecule has 0 saturated heterocycles. The number of anilines is 1. The smallest absolute Gasteiger partial charge is 0.295 e. The van der Waals surface area contributed by atoms with Gasteiger partial charge in [-0.2, -0.15) is 29.8 Å². The monoisotopic (exact) mass is 874 g/mol. The number of carbonyl (C=O) groups is 1. The van der Waals surface area contributed by atoms with Crippen molar-refractivity contribution < 1.29 is 53.0 Å².